The van der Waals surface area contributed by atoms with Crippen molar-refractivity contribution < 1.29 is 13.9 Å². The van der Waals surface area contributed by atoms with Crippen molar-refractivity contribution in [1.82, 2.24) is 10.0 Å². The number of anilines is 1. The van der Waals surface area contributed by atoms with Crippen LogP contribution in [-0.4, -0.2) is 49.3 Å². The average molecular weight is 383 g/mol. The summed E-state index contributed by atoms with van der Waals surface area (Å²) >= 11 is 0. The van der Waals surface area contributed by atoms with E-state index in [2.05, 4.69) is 11.1 Å². The quantitative estimate of drug-likeness (QED) is 0.785. The van der Waals surface area contributed by atoms with E-state index in [0.29, 0.717) is 19.0 Å². The molecule has 4 rings (SSSR count). The largest absolute Gasteiger partial charge is 0.496 e. The van der Waals surface area contributed by atoms with E-state index in [1.807, 2.05) is 23.2 Å². The van der Waals surface area contributed by atoms with Crippen LogP contribution >= 0.6 is 0 Å². The number of rotatable bonds is 5. The number of halogens is 1. The third-order valence-electron chi connectivity index (χ3n) is 5.67. The lowest BCUT2D eigenvalue weighted by Crippen LogP contribution is -2.50. The highest BCUT2D eigenvalue weighted by molar-refractivity contribution is 5.93. The van der Waals surface area contributed by atoms with Crippen LogP contribution in [0, 0.1) is 11.7 Å². The van der Waals surface area contributed by atoms with Gasteiger partial charge in [0, 0.05) is 25.3 Å². The minimum Gasteiger partial charge on any atom is -0.496 e. The Kier molecular flexibility index (Phi) is 5.48. The summed E-state index contributed by atoms with van der Waals surface area (Å²) in [6.45, 7) is 3.04. The molecule has 0 bridgehead atoms. The van der Waals surface area contributed by atoms with E-state index in [4.69, 9.17) is 4.74 Å². The fraction of sp³-hybridized carbons (Fsp3) is 0.409. The second-order valence-corrected chi connectivity index (χ2v) is 7.47. The van der Waals surface area contributed by atoms with Crippen molar-refractivity contribution in [2.75, 3.05) is 38.2 Å². The van der Waals surface area contributed by atoms with Gasteiger partial charge in [0.25, 0.3) is 0 Å². The maximum Gasteiger partial charge on any atom is 0.339 e. The van der Waals surface area contributed by atoms with Gasteiger partial charge in [-0.05, 0) is 61.1 Å². The van der Waals surface area contributed by atoms with E-state index in [-0.39, 0.29) is 11.8 Å². The van der Waals surface area contributed by atoms with E-state index in [1.165, 1.54) is 17.7 Å². The third kappa shape index (κ3) is 3.83. The smallest absolute Gasteiger partial charge is 0.339 e. The lowest BCUT2D eigenvalue weighted by Gasteiger charge is -2.38. The zero-order valence-electron chi connectivity index (χ0n) is 16.2. The number of ether oxygens (including phenoxy) is 1. The van der Waals surface area contributed by atoms with Crippen LogP contribution in [0.2, 0.25) is 0 Å². The van der Waals surface area contributed by atoms with E-state index >= 15 is 0 Å². The van der Waals surface area contributed by atoms with E-state index < -0.39 is 0 Å². The number of carbonyl (C=O) groups excluding carboxylic acids is 1. The Morgan fingerprint density at radius 1 is 1.07 bits per heavy atom. The molecule has 2 saturated heterocycles. The number of urea groups is 1. The van der Waals surface area contributed by atoms with Crippen LogP contribution in [0.25, 0.3) is 0 Å². The van der Waals surface area contributed by atoms with Crippen LogP contribution in [0.1, 0.15) is 18.4 Å². The number of amides is 2. The molecule has 2 aromatic rings. The molecule has 0 aromatic heterocycles. The molecule has 0 radical (unpaired) electrons. The van der Waals surface area contributed by atoms with Crippen molar-refractivity contribution in [3.05, 3.63) is 59.9 Å². The lowest BCUT2D eigenvalue weighted by molar-refractivity contribution is -0.00410. The number of benzene rings is 2. The van der Waals surface area contributed by atoms with Crippen LogP contribution in [-0.2, 0) is 6.42 Å². The molecule has 2 fully saturated rings. The van der Waals surface area contributed by atoms with Crippen molar-refractivity contribution in [1.29, 1.82) is 0 Å². The van der Waals surface area contributed by atoms with Crippen molar-refractivity contribution in [2.24, 2.45) is 5.92 Å². The monoisotopic (exact) mass is 383 g/mol. The highest BCUT2D eigenvalue weighted by atomic mass is 19.1. The van der Waals surface area contributed by atoms with Crippen LogP contribution in [0.3, 0.4) is 0 Å². The molecular formula is C22H26FN3O2. The Bertz CT molecular complexity index is 827. The molecular weight excluding hydrogens is 357 g/mol. The van der Waals surface area contributed by atoms with Gasteiger partial charge in [-0.1, -0.05) is 18.2 Å². The molecule has 28 heavy (non-hydrogen) atoms. The molecule has 1 unspecified atom stereocenters. The van der Waals surface area contributed by atoms with Gasteiger partial charge in [0.2, 0.25) is 0 Å². The van der Waals surface area contributed by atoms with Gasteiger partial charge < -0.3 is 4.74 Å². The summed E-state index contributed by atoms with van der Waals surface area (Å²) in [7, 11) is 1.71. The lowest BCUT2D eigenvalue weighted by atomic mass is 9.91. The Labute approximate surface area is 165 Å². The summed E-state index contributed by atoms with van der Waals surface area (Å²) < 4.78 is 18.7. The van der Waals surface area contributed by atoms with E-state index in [1.54, 1.807) is 24.1 Å². The number of hydrazine groups is 1. The van der Waals surface area contributed by atoms with Gasteiger partial charge in [0.05, 0.1) is 13.7 Å². The normalized spacial score (nSPS) is 20.6. The second-order valence-electron chi connectivity index (χ2n) is 7.47. The SMILES string of the molecule is COc1ccccc1CC1CCCN(N2CCN(c3ccc(F)cc3)C2=O)C1. The van der Waals surface area contributed by atoms with Crippen LogP contribution in [0.15, 0.2) is 48.5 Å². The molecule has 2 heterocycles. The second kappa shape index (κ2) is 8.19. The summed E-state index contributed by atoms with van der Waals surface area (Å²) in [4.78, 5) is 14.7. The van der Waals surface area contributed by atoms with Crippen molar-refractivity contribution in [3.63, 3.8) is 0 Å². The first-order chi connectivity index (χ1) is 13.7. The number of para-hydroxylation sites is 1. The molecule has 0 saturated carbocycles. The molecule has 0 aliphatic carbocycles. The molecule has 1 atom stereocenters. The summed E-state index contributed by atoms with van der Waals surface area (Å²) in [6.07, 6.45) is 3.17. The molecule has 2 aliphatic rings. The van der Waals surface area contributed by atoms with Crippen LogP contribution < -0.4 is 9.64 Å². The standard InChI is InChI=1S/C22H26FN3O2/c1-28-21-7-3-2-6-18(21)15-17-5-4-12-24(16-17)26-14-13-25(22(26)27)20-10-8-19(23)9-11-20/h2-3,6-11,17H,4-5,12-16H2,1H3. The van der Waals surface area contributed by atoms with Crippen LogP contribution in [0.4, 0.5) is 14.9 Å². The van der Waals surface area contributed by atoms with Crippen LogP contribution in [0.5, 0.6) is 5.75 Å². The van der Waals surface area contributed by atoms with Gasteiger partial charge in [0.1, 0.15) is 11.6 Å². The third-order valence-corrected chi connectivity index (χ3v) is 5.67. The highest BCUT2D eigenvalue weighted by Gasteiger charge is 2.35. The van der Waals surface area contributed by atoms with Gasteiger partial charge in [-0.15, -0.1) is 0 Å². The topological polar surface area (TPSA) is 36.0 Å². The first kappa shape index (κ1) is 18.7. The van der Waals surface area contributed by atoms with Crippen molar-refractivity contribution in [3.8, 4) is 5.75 Å². The van der Waals surface area contributed by atoms with E-state index in [0.717, 1.165) is 43.8 Å². The highest BCUT2D eigenvalue weighted by Crippen LogP contribution is 2.28. The summed E-state index contributed by atoms with van der Waals surface area (Å²) in [5.41, 5.74) is 1.97. The molecule has 0 spiro atoms. The van der Waals surface area contributed by atoms with Crippen molar-refractivity contribution in [2.45, 2.75) is 19.3 Å². The predicted molar refractivity (Wildman–Crippen MR) is 107 cm³/mol. The minimum absolute atomic E-state index is 0.0236. The van der Waals surface area contributed by atoms with Gasteiger partial charge >= 0.3 is 6.03 Å². The van der Waals surface area contributed by atoms with Gasteiger partial charge in [-0.25, -0.2) is 14.2 Å². The molecule has 2 amide bonds. The number of hydrogen-bond donors (Lipinski definition) is 0. The number of nitrogens with zero attached hydrogens (tertiary/aromatic N) is 3. The Morgan fingerprint density at radius 3 is 2.64 bits per heavy atom. The number of hydrogen-bond acceptors (Lipinski definition) is 3. The number of carbonyl (C=O) groups is 1. The van der Waals surface area contributed by atoms with Gasteiger partial charge in [-0.3, -0.25) is 9.91 Å². The zero-order chi connectivity index (χ0) is 19.5. The van der Waals surface area contributed by atoms with Gasteiger partial charge in [0.15, 0.2) is 0 Å². The van der Waals surface area contributed by atoms with E-state index in [9.17, 15) is 9.18 Å². The maximum absolute atomic E-state index is 13.2. The molecule has 2 aromatic carbocycles. The summed E-state index contributed by atoms with van der Waals surface area (Å²) in [5.74, 6) is 1.12. The fourth-order valence-electron chi connectivity index (χ4n) is 4.26. The minimum atomic E-state index is -0.289. The number of piperidine rings is 1. The Balaban J connectivity index is 1.42. The molecule has 5 nitrogen and oxygen atoms in total. The first-order valence-corrected chi connectivity index (χ1v) is 9.87. The molecule has 148 valence electrons. The summed E-state index contributed by atoms with van der Waals surface area (Å²) in [5, 5.41) is 4.05. The molecule has 6 heteroatoms. The maximum atomic E-state index is 13.2. The average Bonchev–Trinajstić information content (AvgIpc) is 3.10. The Hall–Kier alpha value is -2.60. The zero-order valence-corrected chi connectivity index (χ0v) is 16.2. The van der Waals surface area contributed by atoms with Gasteiger partial charge in [-0.2, -0.15) is 0 Å². The molecule has 0 N–H and O–H groups in total. The summed E-state index contributed by atoms with van der Waals surface area (Å²) in [6, 6.07) is 14.3. The Morgan fingerprint density at radius 2 is 1.86 bits per heavy atom. The predicted octanol–water partition coefficient (Wildman–Crippen LogP) is 3.95. The van der Waals surface area contributed by atoms with Crippen molar-refractivity contribution >= 4 is 11.7 Å². The first-order valence-electron chi connectivity index (χ1n) is 9.87. The fourth-order valence-corrected chi connectivity index (χ4v) is 4.26. The number of methoxy groups -OCH3 is 1. The molecule has 2 aliphatic heterocycles.